The lowest BCUT2D eigenvalue weighted by molar-refractivity contribution is -0.129. The molecule has 2 aliphatic rings. The summed E-state index contributed by atoms with van der Waals surface area (Å²) in [5, 5.41) is 5.50. The Kier molecular flexibility index (Phi) is 7.19. The highest BCUT2D eigenvalue weighted by molar-refractivity contribution is 7.99. The van der Waals surface area contributed by atoms with E-state index in [4.69, 9.17) is 0 Å². The molecule has 1 aliphatic heterocycles. The molecule has 1 aliphatic carbocycles. The number of thioether (sulfide) groups is 1. The molecule has 0 unspecified atom stereocenters. The van der Waals surface area contributed by atoms with Crippen molar-refractivity contribution in [3.63, 3.8) is 0 Å². The Balaban J connectivity index is 0.00000210. The van der Waals surface area contributed by atoms with Crippen molar-refractivity contribution in [3.05, 3.63) is 33.7 Å². The van der Waals surface area contributed by atoms with Gasteiger partial charge in [0.2, 0.25) is 5.91 Å². The smallest absolute Gasteiger partial charge is 0.258 e. The van der Waals surface area contributed by atoms with Crippen LogP contribution in [0.4, 0.5) is 0 Å². The monoisotopic (exact) mass is 428 g/mol. The maximum Gasteiger partial charge on any atom is 0.258 e. The number of likely N-dealkylation sites (tertiary alicyclic amines) is 1. The predicted molar refractivity (Wildman–Crippen MR) is 113 cm³/mol. The molecule has 0 atom stereocenters. The number of fused-ring (bicyclic) bond motifs is 1. The van der Waals surface area contributed by atoms with E-state index >= 15 is 0 Å². The summed E-state index contributed by atoms with van der Waals surface area (Å²) in [7, 11) is 0. The Bertz CT molecular complexity index is 828. The lowest BCUT2D eigenvalue weighted by atomic mass is 10.0. The molecule has 1 saturated carbocycles. The minimum Gasteiger partial charge on any atom is -0.342 e. The Morgan fingerprint density at radius 1 is 1.30 bits per heavy atom. The third-order valence-electron chi connectivity index (χ3n) is 5.07. The van der Waals surface area contributed by atoms with Crippen LogP contribution in [0.3, 0.4) is 0 Å². The molecule has 2 fully saturated rings. The molecule has 1 saturated heterocycles. The van der Waals surface area contributed by atoms with E-state index in [-0.39, 0.29) is 23.9 Å². The average Bonchev–Trinajstić information content (AvgIpc) is 3.35. The van der Waals surface area contributed by atoms with Crippen LogP contribution >= 0.6 is 35.5 Å². The van der Waals surface area contributed by atoms with Crippen molar-refractivity contribution in [2.45, 2.75) is 37.5 Å². The standard InChI is InChI=1S/C18H24N4O2S2.ClH/c23-16-9-15(20-18-22(16)7-8-26-18)11-25-12-17(24)21-5-3-14(4-6-21)19-10-13-1-2-13;/h7-9,13-14,19H,1-6,10-12H2;1H. The van der Waals surface area contributed by atoms with Gasteiger partial charge in [-0.05, 0) is 38.1 Å². The van der Waals surface area contributed by atoms with Crippen molar-refractivity contribution >= 4 is 46.4 Å². The molecule has 27 heavy (non-hydrogen) atoms. The number of piperidine rings is 1. The van der Waals surface area contributed by atoms with Crippen LogP contribution in [0, 0.1) is 5.92 Å². The van der Waals surface area contributed by atoms with E-state index in [2.05, 4.69) is 10.3 Å². The Hall–Kier alpha value is -1.09. The number of hydrogen-bond donors (Lipinski definition) is 1. The van der Waals surface area contributed by atoms with Gasteiger partial charge in [0.1, 0.15) is 0 Å². The molecule has 1 N–H and O–H groups in total. The van der Waals surface area contributed by atoms with Gasteiger partial charge in [0.25, 0.3) is 5.56 Å². The first kappa shape index (κ1) is 20.6. The molecule has 6 nitrogen and oxygen atoms in total. The molecule has 148 valence electrons. The van der Waals surface area contributed by atoms with Gasteiger partial charge in [-0.2, -0.15) is 0 Å². The number of carbonyl (C=O) groups excluding carboxylic acids is 1. The second-order valence-electron chi connectivity index (χ2n) is 7.14. The Labute approximate surface area is 173 Å². The van der Waals surface area contributed by atoms with Crippen LogP contribution in [0.15, 0.2) is 22.4 Å². The highest BCUT2D eigenvalue weighted by Gasteiger charge is 2.25. The number of carbonyl (C=O) groups is 1. The van der Waals surface area contributed by atoms with E-state index in [1.807, 2.05) is 10.3 Å². The van der Waals surface area contributed by atoms with Crippen molar-refractivity contribution in [2.75, 3.05) is 25.4 Å². The number of halogens is 1. The van der Waals surface area contributed by atoms with Gasteiger partial charge in [0.15, 0.2) is 4.96 Å². The van der Waals surface area contributed by atoms with Crippen LogP contribution in [0.2, 0.25) is 0 Å². The van der Waals surface area contributed by atoms with E-state index in [1.54, 1.807) is 16.7 Å². The third-order valence-corrected chi connectivity index (χ3v) is 6.78. The molecule has 0 spiro atoms. The summed E-state index contributed by atoms with van der Waals surface area (Å²) in [6, 6.07) is 2.14. The number of aromatic nitrogens is 2. The Morgan fingerprint density at radius 3 is 2.81 bits per heavy atom. The first-order chi connectivity index (χ1) is 12.7. The quantitative estimate of drug-likeness (QED) is 0.733. The minimum atomic E-state index is -0.0565. The number of thiazole rings is 1. The minimum absolute atomic E-state index is 0. The van der Waals surface area contributed by atoms with Gasteiger partial charge in [-0.1, -0.05) is 0 Å². The SMILES string of the molecule is Cl.O=C(CSCc1cc(=O)n2ccsc2n1)N1CCC(NCC2CC2)CC1. The van der Waals surface area contributed by atoms with Crippen LogP contribution in [0.5, 0.6) is 0 Å². The largest absolute Gasteiger partial charge is 0.342 e. The topological polar surface area (TPSA) is 66.7 Å². The molecule has 2 aromatic rings. The zero-order chi connectivity index (χ0) is 17.9. The van der Waals surface area contributed by atoms with Gasteiger partial charge in [-0.15, -0.1) is 35.5 Å². The first-order valence-electron chi connectivity index (χ1n) is 9.24. The van der Waals surface area contributed by atoms with E-state index < -0.39 is 0 Å². The number of rotatable bonds is 7. The zero-order valence-corrected chi connectivity index (χ0v) is 17.6. The number of hydrogen-bond acceptors (Lipinski definition) is 6. The molecular weight excluding hydrogens is 404 g/mol. The summed E-state index contributed by atoms with van der Waals surface area (Å²) >= 11 is 2.99. The number of nitrogens with one attached hydrogen (secondary N) is 1. The van der Waals surface area contributed by atoms with Gasteiger partial charge >= 0.3 is 0 Å². The van der Waals surface area contributed by atoms with Crippen LogP contribution in [0.1, 0.15) is 31.4 Å². The van der Waals surface area contributed by atoms with Crippen molar-refractivity contribution in [1.82, 2.24) is 19.6 Å². The molecular formula is C18H25ClN4O2S2. The number of nitrogens with zero attached hydrogens (tertiary/aromatic N) is 3. The molecule has 4 rings (SSSR count). The van der Waals surface area contributed by atoms with Crippen molar-refractivity contribution in [3.8, 4) is 0 Å². The summed E-state index contributed by atoms with van der Waals surface area (Å²) in [5.41, 5.74) is 0.692. The second kappa shape index (κ2) is 9.41. The van der Waals surface area contributed by atoms with Crippen molar-refractivity contribution in [2.24, 2.45) is 5.92 Å². The fourth-order valence-electron chi connectivity index (χ4n) is 3.28. The van der Waals surface area contributed by atoms with E-state index in [0.717, 1.165) is 44.1 Å². The summed E-state index contributed by atoms with van der Waals surface area (Å²) in [6.07, 6.45) is 6.59. The fraction of sp³-hybridized carbons (Fsp3) is 0.611. The third kappa shape index (κ3) is 5.47. The van der Waals surface area contributed by atoms with Gasteiger partial charge in [0.05, 0.1) is 11.4 Å². The molecule has 0 aromatic carbocycles. The highest BCUT2D eigenvalue weighted by atomic mass is 35.5. The van der Waals surface area contributed by atoms with Gasteiger partial charge in [-0.3, -0.25) is 14.0 Å². The molecule has 0 radical (unpaired) electrons. The maximum absolute atomic E-state index is 12.4. The summed E-state index contributed by atoms with van der Waals surface area (Å²) < 4.78 is 1.55. The van der Waals surface area contributed by atoms with Gasteiger partial charge < -0.3 is 10.2 Å². The normalized spacial score (nSPS) is 17.9. The maximum atomic E-state index is 12.4. The van der Waals surface area contributed by atoms with Crippen LogP contribution in [0.25, 0.3) is 4.96 Å². The molecule has 2 aromatic heterocycles. The second-order valence-corrected chi connectivity index (χ2v) is 9.00. The molecule has 9 heteroatoms. The lowest BCUT2D eigenvalue weighted by Gasteiger charge is -2.32. The Morgan fingerprint density at radius 2 is 2.07 bits per heavy atom. The molecule has 3 heterocycles. The lowest BCUT2D eigenvalue weighted by Crippen LogP contribution is -2.45. The summed E-state index contributed by atoms with van der Waals surface area (Å²) in [4.78, 5) is 31.6. The van der Waals surface area contributed by atoms with Crippen LogP contribution in [-0.4, -0.2) is 51.6 Å². The van der Waals surface area contributed by atoms with Crippen LogP contribution in [-0.2, 0) is 10.5 Å². The van der Waals surface area contributed by atoms with E-state index in [9.17, 15) is 9.59 Å². The first-order valence-corrected chi connectivity index (χ1v) is 11.3. The van der Waals surface area contributed by atoms with E-state index in [1.165, 1.54) is 35.9 Å². The highest BCUT2D eigenvalue weighted by Crippen LogP contribution is 2.28. The van der Waals surface area contributed by atoms with Gasteiger partial charge in [0, 0.05) is 42.5 Å². The summed E-state index contributed by atoms with van der Waals surface area (Å²) in [5.74, 6) is 2.14. The number of amides is 1. The fourth-order valence-corrected chi connectivity index (χ4v) is 4.84. The van der Waals surface area contributed by atoms with Crippen LogP contribution < -0.4 is 10.9 Å². The zero-order valence-electron chi connectivity index (χ0n) is 15.1. The summed E-state index contributed by atoms with van der Waals surface area (Å²) in [6.45, 7) is 2.85. The van der Waals surface area contributed by atoms with Crippen molar-refractivity contribution < 1.29 is 4.79 Å². The van der Waals surface area contributed by atoms with E-state index in [0.29, 0.717) is 22.5 Å². The average molecular weight is 429 g/mol. The molecule has 1 amide bonds. The van der Waals surface area contributed by atoms with Crippen molar-refractivity contribution in [1.29, 1.82) is 0 Å². The predicted octanol–water partition coefficient (Wildman–Crippen LogP) is 2.40. The van der Waals surface area contributed by atoms with Gasteiger partial charge in [-0.25, -0.2) is 4.98 Å². The molecule has 0 bridgehead atoms.